The van der Waals surface area contributed by atoms with E-state index in [9.17, 15) is 0 Å². The Morgan fingerprint density at radius 1 is 1.18 bits per heavy atom. The van der Waals surface area contributed by atoms with E-state index in [0.717, 1.165) is 16.8 Å². The third-order valence-electron chi connectivity index (χ3n) is 2.59. The van der Waals surface area contributed by atoms with Crippen molar-refractivity contribution in [2.45, 2.75) is 20.8 Å². The molecule has 0 spiro atoms. The first-order chi connectivity index (χ1) is 8.13. The highest BCUT2D eigenvalue weighted by atomic mass is 16.4. The molecule has 0 aliphatic carbocycles. The molecule has 0 aliphatic heterocycles. The lowest BCUT2D eigenvalue weighted by Gasteiger charge is -1.89. The number of hydrogen-bond donors (Lipinski definition) is 1. The van der Waals surface area contributed by atoms with Gasteiger partial charge >= 0.3 is 0 Å². The summed E-state index contributed by atoms with van der Waals surface area (Å²) in [5.74, 6) is 2.00. The summed E-state index contributed by atoms with van der Waals surface area (Å²) in [6.45, 7) is 5.72. The Hall–Kier alpha value is -2.17. The van der Waals surface area contributed by atoms with Crippen LogP contribution in [0, 0.1) is 20.8 Å². The predicted molar refractivity (Wildman–Crippen MR) is 63.6 cm³/mol. The minimum absolute atomic E-state index is 0.641. The summed E-state index contributed by atoms with van der Waals surface area (Å²) in [6, 6.07) is 2.01. The van der Waals surface area contributed by atoms with Crippen LogP contribution in [0.1, 0.15) is 17.1 Å². The second kappa shape index (κ2) is 3.41. The minimum atomic E-state index is 0.641. The maximum Gasteiger partial charge on any atom is 0.192 e. The molecule has 5 nitrogen and oxygen atoms in total. The third kappa shape index (κ3) is 1.60. The first-order valence-electron chi connectivity index (χ1n) is 5.40. The number of nitrogens with one attached hydrogen (secondary N) is 1. The largest absolute Gasteiger partial charge is 0.437 e. The molecule has 3 heterocycles. The summed E-state index contributed by atoms with van der Waals surface area (Å²) in [6.07, 6.45) is 1.80. The number of aromatic nitrogens is 4. The second-order valence-corrected chi connectivity index (χ2v) is 4.12. The maximum atomic E-state index is 5.53. The standard InChI is InChI=1S/C12H12N4O/c1-6-4-9-11(13-5-6)16-12(15-9)10-7(2)14-8(3)17-10/h4-5H,1-3H3,(H,13,15,16). The molecule has 3 rings (SSSR count). The first-order valence-corrected chi connectivity index (χ1v) is 5.40. The Morgan fingerprint density at radius 3 is 2.71 bits per heavy atom. The number of fused-ring (bicyclic) bond motifs is 1. The molecule has 5 heteroatoms. The Labute approximate surface area is 97.9 Å². The van der Waals surface area contributed by atoms with Crippen LogP contribution in [-0.4, -0.2) is 19.9 Å². The van der Waals surface area contributed by atoms with Crippen LogP contribution >= 0.6 is 0 Å². The fourth-order valence-corrected chi connectivity index (χ4v) is 1.86. The molecule has 1 N–H and O–H groups in total. The zero-order chi connectivity index (χ0) is 12.0. The molecule has 0 amide bonds. The number of H-pyrrole nitrogens is 1. The Morgan fingerprint density at radius 2 is 2.00 bits per heavy atom. The SMILES string of the molecule is Cc1cnc2nc(-c3oc(C)nc3C)[nH]c2c1. The summed E-state index contributed by atoms with van der Waals surface area (Å²) in [5, 5.41) is 0. The van der Waals surface area contributed by atoms with E-state index in [0.29, 0.717) is 23.1 Å². The van der Waals surface area contributed by atoms with E-state index in [4.69, 9.17) is 4.42 Å². The van der Waals surface area contributed by atoms with Crippen LogP contribution in [0.2, 0.25) is 0 Å². The lowest BCUT2D eigenvalue weighted by molar-refractivity contribution is 0.531. The van der Waals surface area contributed by atoms with Crippen molar-refractivity contribution in [2.24, 2.45) is 0 Å². The highest BCUT2D eigenvalue weighted by Crippen LogP contribution is 2.23. The van der Waals surface area contributed by atoms with E-state index >= 15 is 0 Å². The molecule has 0 saturated carbocycles. The fraction of sp³-hybridized carbons (Fsp3) is 0.250. The molecule has 3 aromatic heterocycles. The summed E-state index contributed by atoms with van der Waals surface area (Å²) < 4.78 is 5.53. The summed E-state index contributed by atoms with van der Waals surface area (Å²) in [7, 11) is 0. The van der Waals surface area contributed by atoms with Crippen molar-refractivity contribution in [3.8, 4) is 11.6 Å². The van der Waals surface area contributed by atoms with Gasteiger partial charge in [0.25, 0.3) is 0 Å². The third-order valence-corrected chi connectivity index (χ3v) is 2.59. The van der Waals surface area contributed by atoms with E-state index in [1.54, 1.807) is 6.20 Å². The molecular formula is C12H12N4O. The van der Waals surface area contributed by atoms with Crippen molar-refractivity contribution in [3.05, 3.63) is 29.4 Å². The molecule has 0 atom stereocenters. The van der Waals surface area contributed by atoms with Crippen LogP contribution in [0.5, 0.6) is 0 Å². The van der Waals surface area contributed by atoms with Crippen molar-refractivity contribution in [3.63, 3.8) is 0 Å². The van der Waals surface area contributed by atoms with Gasteiger partial charge in [0.1, 0.15) is 0 Å². The average molecular weight is 228 g/mol. The van der Waals surface area contributed by atoms with Crippen LogP contribution in [0.15, 0.2) is 16.7 Å². The normalized spacial score (nSPS) is 11.2. The number of rotatable bonds is 1. The lowest BCUT2D eigenvalue weighted by Crippen LogP contribution is -1.80. The van der Waals surface area contributed by atoms with Crippen LogP contribution in [0.4, 0.5) is 0 Å². The molecule has 0 bridgehead atoms. The Kier molecular flexibility index (Phi) is 2.01. The van der Waals surface area contributed by atoms with Gasteiger partial charge in [0.15, 0.2) is 23.1 Å². The number of imidazole rings is 1. The van der Waals surface area contributed by atoms with Crippen molar-refractivity contribution >= 4 is 11.2 Å². The predicted octanol–water partition coefficient (Wildman–Crippen LogP) is 2.54. The summed E-state index contributed by atoms with van der Waals surface area (Å²) in [4.78, 5) is 16.1. The van der Waals surface area contributed by atoms with Crippen molar-refractivity contribution in [1.29, 1.82) is 0 Å². The molecule has 17 heavy (non-hydrogen) atoms. The highest BCUT2D eigenvalue weighted by molar-refractivity contribution is 5.75. The zero-order valence-electron chi connectivity index (χ0n) is 9.90. The van der Waals surface area contributed by atoms with Crippen LogP contribution in [0.25, 0.3) is 22.7 Å². The van der Waals surface area contributed by atoms with E-state index in [1.165, 1.54) is 0 Å². The van der Waals surface area contributed by atoms with Crippen molar-refractivity contribution in [1.82, 2.24) is 19.9 Å². The molecular weight excluding hydrogens is 216 g/mol. The molecule has 0 fully saturated rings. The molecule has 0 saturated heterocycles. The van der Waals surface area contributed by atoms with Crippen LogP contribution in [0.3, 0.4) is 0 Å². The van der Waals surface area contributed by atoms with E-state index in [-0.39, 0.29) is 0 Å². The van der Waals surface area contributed by atoms with Gasteiger partial charge in [0.2, 0.25) is 0 Å². The molecule has 86 valence electrons. The van der Waals surface area contributed by atoms with Gasteiger partial charge in [-0.1, -0.05) is 0 Å². The number of aryl methyl sites for hydroxylation is 3. The molecule has 0 aliphatic rings. The minimum Gasteiger partial charge on any atom is -0.437 e. The number of nitrogens with zero attached hydrogens (tertiary/aromatic N) is 3. The van der Waals surface area contributed by atoms with Gasteiger partial charge < -0.3 is 9.40 Å². The van der Waals surface area contributed by atoms with Crippen molar-refractivity contribution in [2.75, 3.05) is 0 Å². The second-order valence-electron chi connectivity index (χ2n) is 4.12. The number of pyridine rings is 1. The summed E-state index contributed by atoms with van der Waals surface area (Å²) in [5.41, 5.74) is 3.53. The lowest BCUT2D eigenvalue weighted by atomic mass is 10.3. The van der Waals surface area contributed by atoms with Gasteiger partial charge in [0.05, 0.1) is 11.2 Å². The number of oxazole rings is 1. The monoisotopic (exact) mass is 228 g/mol. The smallest absolute Gasteiger partial charge is 0.192 e. The highest BCUT2D eigenvalue weighted by Gasteiger charge is 2.14. The van der Waals surface area contributed by atoms with Gasteiger partial charge in [-0.25, -0.2) is 15.0 Å². The zero-order valence-corrected chi connectivity index (χ0v) is 9.90. The molecule has 0 unspecified atom stereocenters. The van der Waals surface area contributed by atoms with E-state index < -0.39 is 0 Å². The molecule has 0 aromatic carbocycles. The van der Waals surface area contributed by atoms with Gasteiger partial charge in [-0.15, -0.1) is 0 Å². The fourth-order valence-electron chi connectivity index (χ4n) is 1.86. The van der Waals surface area contributed by atoms with Crippen LogP contribution < -0.4 is 0 Å². The number of hydrogen-bond acceptors (Lipinski definition) is 4. The molecule has 0 radical (unpaired) electrons. The van der Waals surface area contributed by atoms with Gasteiger partial charge in [0, 0.05) is 13.1 Å². The van der Waals surface area contributed by atoms with Crippen molar-refractivity contribution < 1.29 is 4.42 Å². The van der Waals surface area contributed by atoms with E-state index in [2.05, 4.69) is 19.9 Å². The molecule has 3 aromatic rings. The average Bonchev–Trinajstić information content (AvgIpc) is 2.80. The van der Waals surface area contributed by atoms with Gasteiger partial charge in [-0.05, 0) is 25.5 Å². The topological polar surface area (TPSA) is 67.6 Å². The first kappa shape index (κ1) is 10.0. The summed E-state index contributed by atoms with van der Waals surface area (Å²) >= 11 is 0. The quantitative estimate of drug-likeness (QED) is 0.695. The van der Waals surface area contributed by atoms with Crippen LogP contribution in [-0.2, 0) is 0 Å². The Balaban J connectivity index is 2.21. The number of aromatic amines is 1. The maximum absolute atomic E-state index is 5.53. The van der Waals surface area contributed by atoms with E-state index in [1.807, 2.05) is 26.8 Å². The Bertz CT molecular complexity index is 696. The van der Waals surface area contributed by atoms with Gasteiger partial charge in [-0.2, -0.15) is 0 Å². The van der Waals surface area contributed by atoms with Gasteiger partial charge in [-0.3, -0.25) is 0 Å².